The molecular formula is C14H13FN2O2. The van der Waals surface area contributed by atoms with Crippen LogP contribution in [0.4, 0.5) is 4.39 Å². The van der Waals surface area contributed by atoms with Gasteiger partial charge in [-0.2, -0.15) is 5.10 Å². The molecule has 2 aromatic rings. The molecule has 0 fully saturated rings. The maximum absolute atomic E-state index is 13.5. The highest BCUT2D eigenvalue weighted by Crippen LogP contribution is 2.13. The second-order valence-corrected chi connectivity index (χ2v) is 4.18. The number of hydrogen-bond acceptors (Lipinski definition) is 2. The van der Waals surface area contributed by atoms with Crippen LogP contribution in [0.3, 0.4) is 0 Å². The lowest BCUT2D eigenvalue weighted by Crippen LogP contribution is -2.01. The highest BCUT2D eigenvalue weighted by atomic mass is 19.1. The molecule has 0 radical (unpaired) electrons. The molecule has 0 bridgehead atoms. The van der Waals surface area contributed by atoms with Gasteiger partial charge in [0.1, 0.15) is 5.82 Å². The van der Waals surface area contributed by atoms with Crippen LogP contribution in [0.1, 0.15) is 16.8 Å². The van der Waals surface area contributed by atoms with Gasteiger partial charge in [0.2, 0.25) is 0 Å². The molecular weight excluding hydrogens is 247 g/mol. The molecule has 0 aliphatic rings. The van der Waals surface area contributed by atoms with E-state index >= 15 is 0 Å². The Kier molecular flexibility index (Phi) is 3.75. The number of rotatable bonds is 4. The van der Waals surface area contributed by atoms with Crippen molar-refractivity contribution in [3.05, 3.63) is 59.2 Å². The third-order valence-corrected chi connectivity index (χ3v) is 2.58. The molecule has 1 aromatic heterocycles. The summed E-state index contributed by atoms with van der Waals surface area (Å²) in [4.78, 5) is 10.4. The van der Waals surface area contributed by atoms with Crippen LogP contribution >= 0.6 is 0 Å². The maximum Gasteiger partial charge on any atom is 0.328 e. The lowest BCUT2D eigenvalue weighted by atomic mass is 10.1. The van der Waals surface area contributed by atoms with Crippen molar-refractivity contribution in [2.45, 2.75) is 13.5 Å². The van der Waals surface area contributed by atoms with Gasteiger partial charge in [-0.25, -0.2) is 9.18 Å². The Bertz CT molecular complexity index is 632. The maximum atomic E-state index is 13.5. The Morgan fingerprint density at radius 1 is 1.47 bits per heavy atom. The number of hydrogen-bond donors (Lipinski definition) is 1. The van der Waals surface area contributed by atoms with E-state index in [9.17, 15) is 9.18 Å². The average Bonchev–Trinajstić information content (AvgIpc) is 2.75. The van der Waals surface area contributed by atoms with Crippen molar-refractivity contribution in [3.63, 3.8) is 0 Å². The summed E-state index contributed by atoms with van der Waals surface area (Å²) in [5.74, 6) is -1.55. The number of aryl methyl sites for hydroxylation is 1. The van der Waals surface area contributed by atoms with Crippen LogP contribution in [0.25, 0.3) is 6.08 Å². The molecule has 0 spiro atoms. The Morgan fingerprint density at radius 3 is 2.89 bits per heavy atom. The van der Waals surface area contributed by atoms with E-state index in [2.05, 4.69) is 5.10 Å². The fraction of sp³-hybridized carbons (Fsp3) is 0.143. The second kappa shape index (κ2) is 5.48. The van der Waals surface area contributed by atoms with Crippen molar-refractivity contribution in [2.24, 2.45) is 0 Å². The Labute approximate surface area is 109 Å². The van der Waals surface area contributed by atoms with E-state index in [1.807, 2.05) is 19.2 Å². The molecule has 1 N–H and O–H groups in total. The van der Waals surface area contributed by atoms with Crippen LogP contribution in [0.5, 0.6) is 0 Å². The summed E-state index contributed by atoms with van der Waals surface area (Å²) in [5, 5.41) is 12.8. The number of benzene rings is 1. The van der Waals surface area contributed by atoms with Crippen LogP contribution in [-0.4, -0.2) is 20.9 Å². The first-order valence-corrected chi connectivity index (χ1v) is 5.74. The normalized spacial score (nSPS) is 11.1. The zero-order valence-corrected chi connectivity index (χ0v) is 10.4. The van der Waals surface area contributed by atoms with E-state index in [0.29, 0.717) is 6.54 Å². The van der Waals surface area contributed by atoms with Crippen molar-refractivity contribution in [1.82, 2.24) is 9.78 Å². The number of carboxylic acid groups (broad SMARTS) is 1. The van der Waals surface area contributed by atoms with E-state index in [-0.39, 0.29) is 5.56 Å². The lowest BCUT2D eigenvalue weighted by Gasteiger charge is -2.04. The summed E-state index contributed by atoms with van der Waals surface area (Å²) in [6.07, 6.45) is 4.00. The number of aromatic nitrogens is 2. The van der Waals surface area contributed by atoms with Crippen molar-refractivity contribution in [3.8, 4) is 0 Å². The Hall–Kier alpha value is -2.43. The largest absolute Gasteiger partial charge is 0.478 e. The van der Waals surface area contributed by atoms with Gasteiger partial charge in [0.05, 0.1) is 12.2 Å². The molecule has 2 rings (SSSR count). The molecule has 0 saturated heterocycles. The van der Waals surface area contributed by atoms with Gasteiger partial charge in [0, 0.05) is 17.8 Å². The van der Waals surface area contributed by atoms with Crippen LogP contribution < -0.4 is 0 Å². The zero-order valence-electron chi connectivity index (χ0n) is 10.4. The predicted molar refractivity (Wildman–Crippen MR) is 69.1 cm³/mol. The standard InChI is InChI=1S/C14H13FN2O2/c1-10-6-7-17(16-10)9-11-2-4-13(15)12(8-11)3-5-14(18)19/h2-8H,9H2,1H3,(H,18,19). The lowest BCUT2D eigenvalue weighted by molar-refractivity contribution is -0.131. The van der Waals surface area contributed by atoms with Gasteiger partial charge in [-0.15, -0.1) is 0 Å². The summed E-state index contributed by atoms with van der Waals surface area (Å²) in [5.41, 5.74) is 2.02. The van der Waals surface area contributed by atoms with Crippen LogP contribution in [-0.2, 0) is 11.3 Å². The molecule has 1 heterocycles. The number of carbonyl (C=O) groups is 1. The van der Waals surface area contributed by atoms with Gasteiger partial charge in [-0.3, -0.25) is 4.68 Å². The fourth-order valence-electron chi connectivity index (χ4n) is 1.72. The van der Waals surface area contributed by atoms with E-state index in [1.54, 1.807) is 16.8 Å². The van der Waals surface area contributed by atoms with Gasteiger partial charge < -0.3 is 5.11 Å². The van der Waals surface area contributed by atoms with E-state index in [0.717, 1.165) is 17.3 Å². The molecule has 98 valence electrons. The molecule has 5 heteroatoms. The highest BCUT2D eigenvalue weighted by molar-refractivity contribution is 5.85. The Balaban J connectivity index is 2.23. The van der Waals surface area contributed by atoms with Gasteiger partial charge >= 0.3 is 5.97 Å². The first-order chi connectivity index (χ1) is 9.04. The van der Waals surface area contributed by atoms with Gasteiger partial charge in [-0.05, 0) is 36.8 Å². The van der Waals surface area contributed by atoms with E-state index in [4.69, 9.17) is 5.11 Å². The van der Waals surface area contributed by atoms with Crippen molar-refractivity contribution in [1.29, 1.82) is 0 Å². The molecule has 0 aliphatic carbocycles. The topological polar surface area (TPSA) is 55.1 Å². The second-order valence-electron chi connectivity index (χ2n) is 4.18. The van der Waals surface area contributed by atoms with Crippen molar-refractivity contribution < 1.29 is 14.3 Å². The van der Waals surface area contributed by atoms with Gasteiger partial charge in [-0.1, -0.05) is 6.07 Å². The van der Waals surface area contributed by atoms with Crippen LogP contribution in [0.15, 0.2) is 36.5 Å². The van der Waals surface area contributed by atoms with Crippen LogP contribution in [0, 0.1) is 12.7 Å². The SMILES string of the molecule is Cc1ccn(Cc2ccc(F)c(C=CC(=O)O)c2)n1. The monoisotopic (exact) mass is 260 g/mol. The highest BCUT2D eigenvalue weighted by Gasteiger charge is 2.03. The molecule has 0 aliphatic heterocycles. The third-order valence-electron chi connectivity index (χ3n) is 2.58. The minimum Gasteiger partial charge on any atom is -0.478 e. The zero-order chi connectivity index (χ0) is 13.8. The Morgan fingerprint density at radius 2 is 2.26 bits per heavy atom. The first kappa shape index (κ1) is 13.0. The molecule has 19 heavy (non-hydrogen) atoms. The summed E-state index contributed by atoms with van der Waals surface area (Å²) in [7, 11) is 0. The predicted octanol–water partition coefficient (Wildman–Crippen LogP) is 2.48. The van der Waals surface area contributed by atoms with Crippen molar-refractivity contribution in [2.75, 3.05) is 0 Å². The summed E-state index contributed by atoms with van der Waals surface area (Å²) >= 11 is 0. The number of halogens is 1. The van der Waals surface area contributed by atoms with Crippen LogP contribution in [0.2, 0.25) is 0 Å². The van der Waals surface area contributed by atoms with Crippen molar-refractivity contribution >= 4 is 12.0 Å². The average molecular weight is 260 g/mol. The number of nitrogens with zero attached hydrogens (tertiary/aromatic N) is 2. The third kappa shape index (κ3) is 3.51. The molecule has 4 nitrogen and oxygen atoms in total. The summed E-state index contributed by atoms with van der Waals surface area (Å²) < 4.78 is 15.2. The molecule has 0 saturated carbocycles. The van der Waals surface area contributed by atoms with E-state index < -0.39 is 11.8 Å². The molecule has 0 unspecified atom stereocenters. The summed E-state index contributed by atoms with van der Waals surface area (Å²) in [6.45, 7) is 2.41. The quantitative estimate of drug-likeness (QED) is 0.859. The van der Waals surface area contributed by atoms with Gasteiger partial charge in [0.15, 0.2) is 0 Å². The number of aliphatic carboxylic acids is 1. The molecule has 1 aromatic carbocycles. The summed E-state index contributed by atoms with van der Waals surface area (Å²) in [6, 6.07) is 6.48. The number of carboxylic acids is 1. The van der Waals surface area contributed by atoms with Gasteiger partial charge in [0.25, 0.3) is 0 Å². The minimum absolute atomic E-state index is 0.253. The smallest absolute Gasteiger partial charge is 0.328 e. The van der Waals surface area contributed by atoms with E-state index in [1.165, 1.54) is 12.1 Å². The fourth-order valence-corrected chi connectivity index (χ4v) is 1.72. The minimum atomic E-state index is -1.10. The molecule has 0 amide bonds. The first-order valence-electron chi connectivity index (χ1n) is 5.74. The molecule has 0 atom stereocenters.